The molecule has 0 saturated carbocycles. The van der Waals surface area contributed by atoms with Crippen molar-refractivity contribution >= 4 is 37.3 Å². The minimum absolute atomic E-state index is 0.00968. The number of hydrogen-bond donors (Lipinski definition) is 1. The number of nitrogens with zero attached hydrogens (tertiary/aromatic N) is 4. The van der Waals surface area contributed by atoms with Crippen LogP contribution in [0.25, 0.3) is 0 Å². The summed E-state index contributed by atoms with van der Waals surface area (Å²) in [6, 6.07) is 2.50. The van der Waals surface area contributed by atoms with Gasteiger partial charge in [-0.25, -0.2) is 9.80 Å². The van der Waals surface area contributed by atoms with Crippen LogP contribution in [0.15, 0.2) is 17.2 Å². The predicted octanol–water partition coefficient (Wildman–Crippen LogP) is 5.18. The maximum Gasteiger partial charge on any atom is 0.418 e. The van der Waals surface area contributed by atoms with Crippen molar-refractivity contribution in [2.24, 2.45) is 5.10 Å². The number of alkyl halides is 3. The van der Waals surface area contributed by atoms with Gasteiger partial charge in [-0.1, -0.05) is 19.6 Å². The summed E-state index contributed by atoms with van der Waals surface area (Å²) in [4.78, 5) is 28.6. The summed E-state index contributed by atoms with van der Waals surface area (Å²) in [5.41, 5.74) is -2.29. The molecule has 1 aromatic carbocycles. The molecule has 228 valence electrons. The number of carbonyl (C=O) groups is 2. The number of nitrogens with one attached hydrogen (secondary N) is 1. The third-order valence-electron chi connectivity index (χ3n) is 6.91. The Morgan fingerprint density at radius 2 is 1.88 bits per heavy atom. The number of fused-ring (bicyclic) bond motifs is 3. The first-order chi connectivity index (χ1) is 18.8. The van der Waals surface area contributed by atoms with Crippen molar-refractivity contribution in [3.63, 3.8) is 0 Å². The van der Waals surface area contributed by atoms with Crippen molar-refractivity contribution in [2.75, 3.05) is 43.3 Å². The summed E-state index contributed by atoms with van der Waals surface area (Å²) in [6.45, 7) is 16.1. The zero-order chi connectivity index (χ0) is 30.5. The van der Waals surface area contributed by atoms with Gasteiger partial charge in [0, 0.05) is 33.5 Å². The number of anilines is 2. The van der Waals surface area contributed by atoms with Crippen molar-refractivity contribution in [1.29, 1.82) is 0 Å². The molecule has 1 saturated heterocycles. The molecule has 1 unspecified atom stereocenters. The standard InChI is InChI=1S/C27H40F3N5O5Si/c1-17-23(36)34(16-38-9-10-41(6,7)8)32-22-13-39-21-11-18(27(28,29)30)19(12-20(21)35(17)22)31-26(5)14-33(15-26)24(37)40-25(2,3)4/h11-12,17,31H,9-10,13-16H2,1-8H3. The molecule has 3 aliphatic rings. The lowest BCUT2D eigenvalue weighted by Gasteiger charge is -2.49. The number of carbonyl (C=O) groups excluding carboxylic acids is 2. The quantitative estimate of drug-likeness (QED) is 0.341. The van der Waals surface area contributed by atoms with Crippen molar-refractivity contribution in [2.45, 2.75) is 83.7 Å². The Morgan fingerprint density at radius 3 is 2.46 bits per heavy atom. The minimum atomic E-state index is -4.67. The first-order valence-corrected chi connectivity index (χ1v) is 17.4. The molecule has 10 nitrogen and oxygen atoms in total. The molecular formula is C27H40F3N5O5Si. The molecule has 1 N–H and O–H groups in total. The van der Waals surface area contributed by atoms with Gasteiger partial charge in [0.2, 0.25) is 0 Å². The monoisotopic (exact) mass is 599 g/mol. The lowest BCUT2D eigenvalue weighted by atomic mass is 9.91. The highest BCUT2D eigenvalue weighted by atomic mass is 28.3. The van der Waals surface area contributed by atoms with Gasteiger partial charge >= 0.3 is 12.3 Å². The van der Waals surface area contributed by atoms with E-state index in [1.807, 2.05) is 0 Å². The van der Waals surface area contributed by atoms with E-state index in [9.17, 15) is 22.8 Å². The van der Waals surface area contributed by atoms with E-state index in [-0.39, 0.29) is 43.8 Å². The fraction of sp³-hybridized carbons (Fsp3) is 0.667. The number of rotatable bonds is 7. The first-order valence-electron chi connectivity index (χ1n) is 13.7. The van der Waals surface area contributed by atoms with Gasteiger partial charge < -0.3 is 29.3 Å². The summed E-state index contributed by atoms with van der Waals surface area (Å²) in [5, 5.41) is 8.67. The molecule has 3 aliphatic heterocycles. The second-order valence-electron chi connectivity index (χ2n) is 13.3. The van der Waals surface area contributed by atoms with Gasteiger partial charge in [0.05, 0.1) is 16.8 Å². The summed E-state index contributed by atoms with van der Waals surface area (Å²) >= 11 is 0. The number of hydrazone groups is 1. The van der Waals surface area contributed by atoms with Gasteiger partial charge in [0.1, 0.15) is 30.7 Å². The summed E-state index contributed by atoms with van der Waals surface area (Å²) in [5.74, 6) is 0.0773. The molecule has 0 aromatic heterocycles. The molecule has 3 heterocycles. The van der Waals surface area contributed by atoms with Gasteiger partial charge in [-0.2, -0.15) is 18.3 Å². The molecule has 0 radical (unpaired) electrons. The van der Waals surface area contributed by atoms with Crippen molar-refractivity contribution in [1.82, 2.24) is 9.91 Å². The van der Waals surface area contributed by atoms with Gasteiger partial charge in [0.15, 0.2) is 5.84 Å². The van der Waals surface area contributed by atoms with E-state index in [0.717, 1.165) is 12.1 Å². The van der Waals surface area contributed by atoms with Gasteiger partial charge in [-0.3, -0.25) is 4.79 Å². The highest BCUT2D eigenvalue weighted by molar-refractivity contribution is 6.76. The van der Waals surface area contributed by atoms with Crippen LogP contribution in [-0.4, -0.2) is 86.0 Å². The topological polar surface area (TPSA) is 95.9 Å². The minimum Gasteiger partial charge on any atom is -0.483 e. The fourth-order valence-electron chi connectivity index (χ4n) is 4.86. The number of likely N-dealkylation sites (tertiary alicyclic amines) is 1. The second kappa shape index (κ2) is 10.7. The van der Waals surface area contributed by atoms with Crippen LogP contribution in [0, 0.1) is 0 Å². The van der Waals surface area contributed by atoms with E-state index in [0.29, 0.717) is 18.1 Å². The maximum absolute atomic E-state index is 14.2. The number of benzene rings is 1. The Labute approximate surface area is 239 Å². The number of halogens is 3. The molecule has 1 aromatic rings. The lowest BCUT2D eigenvalue weighted by Crippen LogP contribution is -2.66. The van der Waals surface area contributed by atoms with Crippen LogP contribution in [0.2, 0.25) is 25.7 Å². The predicted molar refractivity (Wildman–Crippen MR) is 152 cm³/mol. The highest BCUT2D eigenvalue weighted by Gasteiger charge is 2.46. The Balaban J connectivity index is 1.57. The molecule has 1 atom stereocenters. The SMILES string of the molecule is CC1C(=O)N(COCC[Si](C)(C)C)N=C2COc3cc(C(F)(F)F)c(NC4(C)CN(C(=O)OC(C)(C)C)C4)cc3N21. The van der Waals surface area contributed by atoms with E-state index in [1.165, 1.54) is 16.0 Å². The smallest absolute Gasteiger partial charge is 0.418 e. The molecule has 0 spiro atoms. The summed E-state index contributed by atoms with van der Waals surface area (Å²) < 4.78 is 59.3. The van der Waals surface area contributed by atoms with Crippen molar-refractivity contribution < 1.29 is 37.0 Å². The van der Waals surface area contributed by atoms with E-state index < -0.39 is 43.1 Å². The van der Waals surface area contributed by atoms with E-state index in [1.54, 1.807) is 39.5 Å². The number of amidine groups is 1. The number of hydrogen-bond acceptors (Lipinski definition) is 8. The molecule has 14 heteroatoms. The highest BCUT2D eigenvalue weighted by Crippen LogP contribution is 2.46. The molecular weight excluding hydrogens is 559 g/mol. The first kappa shape index (κ1) is 30.9. The number of ether oxygens (including phenoxy) is 3. The van der Waals surface area contributed by atoms with E-state index in [4.69, 9.17) is 14.2 Å². The van der Waals surface area contributed by atoms with Crippen LogP contribution in [0.5, 0.6) is 5.75 Å². The molecule has 41 heavy (non-hydrogen) atoms. The average molecular weight is 600 g/mol. The third-order valence-corrected chi connectivity index (χ3v) is 8.62. The average Bonchev–Trinajstić information content (AvgIpc) is 2.79. The molecule has 0 bridgehead atoms. The maximum atomic E-state index is 14.2. The van der Waals surface area contributed by atoms with Gasteiger partial charge in [-0.15, -0.1) is 0 Å². The van der Waals surface area contributed by atoms with Crippen LogP contribution in [0.4, 0.5) is 29.3 Å². The molecule has 2 amide bonds. The molecule has 4 rings (SSSR count). The fourth-order valence-corrected chi connectivity index (χ4v) is 5.62. The lowest BCUT2D eigenvalue weighted by molar-refractivity contribution is -0.139. The largest absolute Gasteiger partial charge is 0.483 e. The van der Waals surface area contributed by atoms with Gasteiger partial charge in [-0.05, 0) is 52.8 Å². The Kier molecular flexibility index (Phi) is 8.06. The van der Waals surface area contributed by atoms with Gasteiger partial charge in [0.25, 0.3) is 5.91 Å². The zero-order valence-electron chi connectivity index (χ0n) is 24.9. The van der Waals surface area contributed by atoms with Crippen LogP contribution in [0.1, 0.15) is 40.2 Å². The van der Waals surface area contributed by atoms with E-state index >= 15 is 0 Å². The van der Waals surface area contributed by atoms with Crippen molar-refractivity contribution in [3.05, 3.63) is 17.7 Å². The van der Waals surface area contributed by atoms with Crippen LogP contribution >= 0.6 is 0 Å². The van der Waals surface area contributed by atoms with Crippen molar-refractivity contribution in [3.8, 4) is 5.75 Å². The van der Waals surface area contributed by atoms with Crippen LogP contribution < -0.4 is 15.0 Å². The Morgan fingerprint density at radius 1 is 1.22 bits per heavy atom. The molecule has 0 aliphatic carbocycles. The van der Waals surface area contributed by atoms with Crippen LogP contribution in [0.3, 0.4) is 0 Å². The summed E-state index contributed by atoms with van der Waals surface area (Å²) in [6.07, 6.45) is -5.20. The zero-order valence-corrected chi connectivity index (χ0v) is 25.9. The van der Waals surface area contributed by atoms with Crippen LogP contribution in [-0.2, 0) is 20.4 Å². The summed E-state index contributed by atoms with van der Waals surface area (Å²) in [7, 11) is -1.31. The Hall–Kier alpha value is -3.00. The number of amides is 2. The Bertz CT molecular complexity index is 1220. The van der Waals surface area contributed by atoms with E-state index in [2.05, 4.69) is 30.1 Å². The molecule has 1 fully saturated rings. The third kappa shape index (κ3) is 7.08. The second-order valence-corrected chi connectivity index (χ2v) is 18.9. The normalized spacial score (nSPS) is 20.5.